The van der Waals surface area contributed by atoms with Gasteiger partial charge in [-0.2, -0.15) is 10.5 Å². The van der Waals surface area contributed by atoms with E-state index in [2.05, 4.69) is 33.4 Å². The van der Waals surface area contributed by atoms with Crippen LogP contribution in [0, 0.1) is 22.7 Å². The minimum absolute atomic E-state index is 0.600. The van der Waals surface area contributed by atoms with E-state index in [0.717, 1.165) is 15.7 Å². The summed E-state index contributed by atoms with van der Waals surface area (Å²) in [6.45, 7) is 0.608. The van der Waals surface area contributed by atoms with E-state index < -0.39 is 0 Å². The number of nitrogens with zero attached hydrogens (tertiary/aromatic N) is 2. The summed E-state index contributed by atoms with van der Waals surface area (Å²) in [6, 6.07) is 17.1. The summed E-state index contributed by atoms with van der Waals surface area (Å²) in [5.41, 5.74) is 3.14. The fourth-order valence-electron chi connectivity index (χ4n) is 1.71. The van der Waals surface area contributed by atoms with E-state index in [1.54, 1.807) is 18.2 Å². The highest BCUT2D eigenvalue weighted by Gasteiger charge is 2.00. The van der Waals surface area contributed by atoms with Crippen LogP contribution in [0.25, 0.3) is 0 Å². The molecule has 92 valence electrons. The Balaban J connectivity index is 2.12. The zero-order valence-corrected chi connectivity index (χ0v) is 11.6. The van der Waals surface area contributed by atoms with Crippen molar-refractivity contribution in [3.05, 3.63) is 63.6 Å². The largest absolute Gasteiger partial charge is 0.381 e. The van der Waals surface area contributed by atoms with E-state index in [-0.39, 0.29) is 0 Å². The molecule has 2 aromatic carbocycles. The molecule has 0 bridgehead atoms. The van der Waals surface area contributed by atoms with Crippen molar-refractivity contribution in [2.75, 3.05) is 5.32 Å². The fraction of sp³-hybridized carbons (Fsp3) is 0.0667. The Morgan fingerprint density at radius 2 is 1.79 bits per heavy atom. The Morgan fingerprint density at radius 3 is 2.53 bits per heavy atom. The molecule has 4 heteroatoms. The lowest BCUT2D eigenvalue weighted by molar-refractivity contribution is 1.14. The standard InChI is InChI=1S/C15H10BrN3/c16-14-5-13(9-18)6-15(7-14)19-10-12-3-1-2-11(4-12)8-17/h1-7,19H,10H2. The number of nitriles is 2. The highest BCUT2D eigenvalue weighted by atomic mass is 79.9. The summed E-state index contributed by atoms with van der Waals surface area (Å²) < 4.78 is 0.861. The molecule has 3 nitrogen and oxygen atoms in total. The summed E-state index contributed by atoms with van der Waals surface area (Å²) in [5, 5.41) is 21.0. The average Bonchev–Trinajstić information content (AvgIpc) is 2.44. The molecule has 0 saturated carbocycles. The lowest BCUT2D eigenvalue weighted by Gasteiger charge is -2.08. The Hall–Kier alpha value is -2.30. The first-order valence-corrected chi connectivity index (χ1v) is 6.44. The van der Waals surface area contributed by atoms with Crippen molar-refractivity contribution < 1.29 is 0 Å². The molecule has 0 radical (unpaired) electrons. The Bertz CT molecular complexity index is 681. The van der Waals surface area contributed by atoms with Crippen LogP contribution >= 0.6 is 15.9 Å². The minimum Gasteiger partial charge on any atom is -0.381 e. The third-order valence-corrected chi connectivity index (χ3v) is 3.04. The predicted molar refractivity (Wildman–Crippen MR) is 77.3 cm³/mol. The maximum atomic E-state index is 8.91. The molecule has 0 aliphatic heterocycles. The van der Waals surface area contributed by atoms with Gasteiger partial charge in [-0.1, -0.05) is 28.1 Å². The molecule has 0 spiro atoms. The molecule has 2 aromatic rings. The molecule has 0 aromatic heterocycles. The van der Waals surface area contributed by atoms with Gasteiger partial charge in [0.25, 0.3) is 0 Å². The third kappa shape index (κ3) is 3.58. The van der Waals surface area contributed by atoms with Crippen molar-refractivity contribution in [2.24, 2.45) is 0 Å². The quantitative estimate of drug-likeness (QED) is 0.937. The minimum atomic E-state index is 0.600. The number of nitrogens with one attached hydrogen (secondary N) is 1. The van der Waals surface area contributed by atoms with Crippen LogP contribution in [0.1, 0.15) is 16.7 Å². The van der Waals surface area contributed by atoms with Gasteiger partial charge in [-0.15, -0.1) is 0 Å². The van der Waals surface area contributed by atoms with E-state index in [1.165, 1.54) is 0 Å². The third-order valence-electron chi connectivity index (χ3n) is 2.58. The summed E-state index contributed by atoms with van der Waals surface area (Å²) in [7, 11) is 0. The van der Waals surface area contributed by atoms with E-state index in [1.807, 2.05) is 24.3 Å². The molecule has 0 fully saturated rings. The number of halogens is 1. The van der Waals surface area contributed by atoms with Gasteiger partial charge in [0.05, 0.1) is 23.3 Å². The van der Waals surface area contributed by atoms with Crippen LogP contribution in [0.5, 0.6) is 0 Å². The number of hydrogen-bond donors (Lipinski definition) is 1. The summed E-state index contributed by atoms with van der Waals surface area (Å²) in [4.78, 5) is 0. The van der Waals surface area contributed by atoms with Crippen LogP contribution in [0.15, 0.2) is 46.9 Å². The van der Waals surface area contributed by atoms with Gasteiger partial charge in [-0.25, -0.2) is 0 Å². The van der Waals surface area contributed by atoms with Gasteiger partial charge in [0.2, 0.25) is 0 Å². The Labute approximate surface area is 120 Å². The lowest BCUT2D eigenvalue weighted by Crippen LogP contribution is -2.00. The molecule has 19 heavy (non-hydrogen) atoms. The van der Waals surface area contributed by atoms with Crippen molar-refractivity contribution in [1.82, 2.24) is 0 Å². The summed E-state index contributed by atoms with van der Waals surface area (Å²) >= 11 is 3.37. The van der Waals surface area contributed by atoms with Gasteiger partial charge in [0, 0.05) is 16.7 Å². The average molecular weight is 312 g/mol. The number of hydrogen-bond acceptors (Lipinski definition) is 3. The smallest absolute Gasteiger partial charge is 0.0992 e. The predicted octanol–water partition coefficient (Wildman–Crippen LogP) is 3.80. The fourth-order valence-corrected chi connectivity index (χ4v) is 2.20. The highest BCUT2D eigenvalue weighted by molar-refractivity contribution is 9.10. The van der Waals surface area contributed by atoms with E-state index in [4.69, 9.17) is 10.5 Å². The molecule has 0 saturated heterocycles. The first kappa shape index (κ1) is 13.1. The van der Waals surface area contributed by atoms with Crippen molar-refractivity contribution in [3.63, 3.8) is 0 Å². The van der Waals surface area contributed by atoms with Crippen LogP contribution in [0.2, 0.25) is 0 Å². The molecular formula is C15H10BrN3. The lowest BCUT2D eigenvalue weighted by atomic mass is 10.1. The summed E-state index contributed by atoms with van der Waals surface area (Å²) in [6.07, 6.45) is 0. The Morgan fingerprint density at radius 1 is 1.00 bits per heavy atom. The first-order valence-electron chi connectivity index (χ1n) is 5.65. The summed E-state index contributed by atoms with van der Waals surface area (Å²) in [5.74, 6) is 0. The van der Waals surface area contributed by atoms with Crippen LogP contribution in [-0.4, -0.2) is 0 Å². The monoisotopic (exact) mass is 311 g/mol. The van der Waals surface area contributed by atoms with Crippen molar-refractivity contribution in [1.29, 1.82) is 10.5 Å². The zero-order chi connectivity index (χ0) is 13.7. The zero-order valence-electron chi connectivity index (χ0n) is 10.0. The van der Waals surface area contributed by atoms with Crippen LogP contribution in [0.3, 0.4) is 0 Å². The van der Waals surface area contributed by atoms with Crippen molar-refractivity contribution in [3.8, 4) is 12.1 Å². The van der Waals surface area contributed by atoms with E-state index in [0.29, 0.717) is 17.7 Å². The van der Waals surface area contributed by atoms with Crippen LogP contribution < -0.4 is 5.32 Å². The van der Waals surface area contributed by atoms with Gasteiger partial charge in [-0.05, 0) is 35.9 Å². The molecule has 0 atom stereocenters. The van der Waals surface area contributed by atoms with Gasteiger partial charge in [0.15, 0.2) is 0 Å². The van der Waals surface area contributed by atoms with Gasteiger partial charge in [0.1, 0.15) is 0 Å². The van der Waals surface area contributed by atoms with Crippen molar-refractivity contribution in [2.45, 2.75) is 6.54 Å². The molecule has 0 aliphatic rings. The molecule has 0 heterocycles. The normalized spacial score (nSPS) is 9.42. The maximum Gasteiger partial charge on any atom is 0.0992 e. The second kappa shape index (κ2) is 6.04. The second-order valence-electron chi connectivity index (χ2n) is 4.01. The number of rotatable bonds is 3. The SMILES string of the molecule is N#Cc1cccc(CNc2cc(Br)cc(C#N)c2)c1. The van der Waals surface area contributed by atoms with Crippen molar-refractivity contribution >= 4 is 21.6 Å². The van der Waals surface area contributed by atoms with Crippen LogP contribution in [-0.2, 0) is 6.54 Å². The molecule has 0 unspecified atom stereocenters. The molecule has 0 aliphatic carbocycles. The van der Waals surface area contributed by atoms with Gasteiger partial charge >= 0.3 is 0 Å². The van der Waals surface area contributed by atoms with E-state index in [9.17, 15) is 0 Å². The number of anilines is 1. The first-order chi connectivity index (χ1) is 9.21. The topological polar surface area (TPSA) is 59.6 Å². The molecule has 0 amide bonds. The maximum absolute atomic E-state index is 8.91. The van der Waals surface area contributed by atoms with Crippen LogP contribution in [0.4, 0.5) is 5.69 Å². The molecular weight excluding hydrogens is 302 g/mol. The second-order valence-corrected chi connectivity index (χ2v) is 4.92. The van der Waals surface area contributed by atoms with Gasteiger partial charge in [-0.3, -0.25) is 0 Å². The molecule has 1 N–H and O–H groups in total. The number of benzene rings is 2. The van der Waals surface area contributed by atoms with Gasteiger partial charge < -0.3 is 5.32 Å². The molecule has 2 rings (SSSR count). The van der Waals surface area contributed by atoms with E-state index >= 15 is 0 Å². The Kier molecular flexibility index (Phi) is 4.18. The highest BCUT2D eigenvalue weighted by Crippen LogP contribution is 2.20.